The Morgan fingerprint density at radius 1 is 0.917 bits per heavy atom. The van der Waals surface area contributed by atoms with Gasteiger partial charge in [0.25, 0.3) is 5.69 Å². The van der Waals surface area contributed by atoms with Gasteiger partial charge in [0.15, 0.2) is 0 Å². The van der Waals surface area contributed by atoms with Gasteiger partial charge in [-0.15, -0.1) is 0 Å². The first-order valence-electron chi connectivity index (χ1n) is 9.87. The summed E-state index contributed by atoms with van der Waals surface area (Å²) in [4.78, 5) is 21.8. The number of nitro benzene ring substituents is 1. The Labute approximate surface area is 208 Å². The first-order chi connectivity index (χ1) is 17.6. The van der Waals surface area contributed by atoms with Crippen molar-refractivity contribution in [2.45, 2.75) is 19.3 Å². The van der Waals surface area contributed by atoms with E-state index in [9.17, 15) is 14.9 Å². The van der Waals surface area contributed by atoms with Gasteiger partial charge < -0.3 is 18.9 Å². The Balaban J connectivity index is 1.69. The zero-order chi connectivity index (χ0) is 25.8. The molecule has 1 aromatic rings. The average Bonchev–Trinajstić information content (AvgIpc) is 3.33. The largest absolute Gasteiger partial charge is 0.513 e. The van der Waals surface area contributed by atoms with E-state index in [1.165, 1.54) is 24.3 Å². The van der Waals surface area contributed by atoms with E-state index in [0.717, 1.165) is 0 Å². The lowest BCUT2D eigenvalue weighted by molar-refractivity contribution is -0.384. The molecule has 0 spiro atoms. The summed E-state index contributed by atoms with van der Waals surface area (Å²) >= 11 is 0. The molecule has 1 saturated heterocycles. The third-order valence-electron chi connectivity index (χ3n) is 3.51. The van der Waals surface area contributed by atoms with Crippen LogP contribution in [0.15, 0.2) is 24.3 Å². The fourth-order valence-electron chi connectivity index (χ4n) is 2.07. The van der Waals surface area contributed by atoms with E-state index in [1.807, 2.05) is 0 Å². The average molecular weight is 475 g/mol. The van der Waals surface area contributed by atoms with Crippen LogP contribution in [0.25, 0.3) is 0 Å². The molecule has 1 aromatic carbocycles. The van der Waals surface area contributed by atoms with Crippen LogP contribution in [0, 0.1) is 105 Å². The molecule has 0 bridgehead atoms. The van der Waals surface area contributed by atoms with Crippen molar-refractivity contribution in [2.75, 3.05) is 13.2 Å². The van der Waals surface area contributed by atoms with E-state index in [0.29, 0.717) is 0 Å². The zero-order valence-electron chi connectivity index (χ0n) is 18.7. The lowest BCUT2D eigenvalue weighted by atomic mass is 10.3. The van der Waals surface area contributed by atoms with Crippen molar-refractivity contribution >= 4 is 11.8 Å². The number of hydrogen-bond donors (Lipinski definition) is 0. The van der Waals surface area contributed by atoms with Gasteiger partial charge in [0.05, 0.1) is 11.5 Å². The van der Waals surface area contributed by atoms with Gasteiger partial charge in [-0.2, -0.15) is 0 Å². The Kier molecular flexibility index (Phi) is 11.8. The number of rotatable bonds is 4. The molecule has 1 unspecified atom stereocenters. The highest BCUT2D eigenvalue weighted by Crippen LogP contribution is 2.18. The van der Waals surface area contributed by atoms with Gasteiger partial charge in [0.1, 0.15) is 18.5 Å². The van der Waals surface area contributed by atoms with Crippen LogP contribution in [0.2, 0.25) is 0 Å². The number of benzene rings is 1. The molecule has 0 saturated carbocycles. The molecular weight excluding hydrogens is 462 g/mol. The van der Waals surface area contributed by atoms with Gasteiger partial charge in [-0.05, 0) is 108 Å². The Hall–Kier alpha value is -5.71. The normalized spacial score (nSPS) is 13.7. The van der Waals surface area contributed by atoms with Crippen LogP contribution in [-0.4, -0.2) is 36.7 Å². The maximum absolute atomic E-state index is 11.7. The monoisotopic (exact) mass is 475 g/mol. The Morgan fingerprint density at radius 3 is 1.97 bits per heavy atom. The molecule has 2 rings (SSSR count). The molecule has 1 fully saturated rings. The summed E-state index contributed by atoms with van der Waals surface area (Å²) in [7, 11) is 0. The summed E-state index contributed by atoms with van der Waals surface area (Å²) in [5.74, 6) is 40.4. The third-order valence-corrected chi connectivity index (χ3v) is 3.51. The SMILES string of the molecule is CC#CC#CC#CC#CC#CC#CC#CC#CC1OC[C@@H](COC(=O)Oc2ccc([N+](=O)[O-])cc2)O1. The van der Waals surface area contributed by atoms with Crippen molar-refractivity contribution in [2.24, 2.45) is 0 Å². The minimum Gasteiger partial charge on any atom is -0.431 e. The van der Waals surface area contributed by atoms with Crippen LogP contribution in [0.5, 0.6) is 5.75 Å². The van der Waals surface area contributed by atoms with Crippen molar-refractivity contribution < 1.29 is 28.7 Å². The van der Waals surface area contributed by atoms with Crippen LogP contribution in [-0.2, 0) is 14.2 Å². The number of carbonyl (C=O) groups is 1. The highest BCUT2D eigenvalue weighted by Gasteiger charge is 2.26. The lowest BCUT2D eigenvalue weighted by Gasteiger charge is -2.09. The van der Waals surface area contributed by atoms with Gasteiger partial charge in [-0.3, -0.25) is 10.1 Å². The van der Waals surface area contributed by atoms with Gasteiger partial charge in [0, 0.05) is 12.1 Å². The molecule has 2 atom stereocenters. The number of nitrogens with zero attached hydrogens (tertiary/aromatic N) is 1. The number of ether oxygens (including phenoxy) is 4. The van der Waals surface area contributed by atoms with Crippen molar-refractivity contribution in [3.63, 3.8) is 0 Å². The number of hydrogen-bond acceptors (Lipinski definition) is 7. The second-order valence-corrected chi connectivity index (χ2v) is 5.98. The molecule has 1 aliphatic rings. The predicted molar refractivity (Wildman–Crippen MR) is 128 cm³/mol. The van der Waals surface area contributed by atoms with E-state index < -0.39 is 23.5 Å². The van der Waals surface area contributed by atoms with Crippen LogP contribution in [0.4, 0.5) is 10.5 Å². The first-order valence-corrected chi connectivity index (χ1v) is 9.87. The van der Waals surface area contributed by atoms with E-state index >= 15 is 0 Å². The second kappa shape index (κ2) is 16.0. The van der Waals surface area contributed by atoms with Crippen LogP contribution in [0.1, 0.15) is 6.92 Å². The fraction of sp³-hybridized carbons (Fsp3) is 0.179. The topological polar surface area (TPSA) is 97.1 Å². The van der Waals surface area contributed by atoms with Crippen molar-refractivity contribution in [3.8, 4) is 100 Å². The molecule has 0 N–H and O–H groups in total. The molecular formula is C28H13NO7. The van der Waals surface area contributed by atoms with Crippen LogP contribution < -0.4 is 4.74 Å². The Bertz CT molecular complexity index is 1500. The summed E-state index contributed by atoms with van der Waals surface area (Å²) in [5.41, 5.74) is -0.127. The summed E-state index contributed by atoms with van der Waals surface area (Å²) in [6, 6.07) is 4.98. The molecule has 0 aromatic heterocycles. The van der Waals surface area contributed by atoms with Gasteiger partial charge in [-0.25, -0.2) is 4.79 Å². The minimum absolute atomic E-state index is 0.104. The number of nitro groups is 1. The van der Waals surface area contributed by atoms with Crippen molar-refractivity contribution in [3.05, 3.63) is 34.4 Å². The molecule has 1 heterocycles. The quantitative estimate of drug-likeness (QED) is 0.216. The van der Waals surface area contributed by atoms with Crippen molar-refractivity contribution in [1.29, 1.82) is 0 Å². The Morgan fingerprint density at radius 2 is 1.44 bits per heavy atom. The summed E-state index contributed by atoms with van der Waals surface area (Å²) < 4.78 is 20.6. The summed E-state index contributed by atoms with van der Waals surface area (Å²) in [6.07, 6.45) is -2.36. The number of non-ortho nitro benzene ring substituents is 1. The molecule has 1 aliphatic heterocycles. The first kappa shape index (κ1) is 26.5. The van der Waals surface area contributed by atoms with E-state index in [-0.39, 0.29) is 24.7 Å². The van der Waals surface area contributed by atoms with Crippen LogP contribution in [0.3, 0.4) is 0 Å². The van der Waals surface area contributed by atoms with E-state index in [2.05, 4.69) is 94.7 Å². The van der Waals surface area contributed by atoms with Gasteiger partial charge in [0.2, 0.25) is 6.29 Å². The minimum atomic E-state index is -0.986. The van der Waals surface area contributed by atoms with Crippen molar-refractivity contribution in [1.82, 2.24) is 0 Å². The standard InChI is InChI=1S/C28H13NO7/c1-2-3-4-5-6-7-8-9-10-11-12-13-14-15-16-17-27-33-22-26(35-27)23-34-28(30)36-25-20-18-24(19-21-25)29(31)32/h18-21,26-27H,22-23H2,1H3/t26-,27?/m0/s1. The maximum atomic E-state index is 11.7. The highest BCUT2D eigenvalue weighted by molar-refractivity contribution is 5.64. The molecule has 8 nitrogen and oxygen atoms in total. The van der Waals surface area contributed by atoms with E-state index in [4.69, 9.17) is 18.9 Å². The maximum Gasteiger partial charge on any atom is 0.513 e. The fourth-order valence-corrected chi connectivity index (χ4v) is 2.07. The third kappa shape index (κ3) is 11.2. The summed E-state index contributed by atoms with van der Waals surface area (Å²) in [6.45, 7) is 1.70. The van der Waals surface area contributed by atoms with E-state index in [1.54, 1.807) is 6.92 Å². The molecule has 172 valence electrons. The molecule has 0 aliphatic carbocycles. The second-order valence-electron chi connectivity index (χ2n) is 5.98. The molecule has 8 heteroatoms. The predicted octanol–water partition coefficient (Wildman–Crippen LogP) is 1.90. The highest BCUT2D eigenvalue weighted by atomic mass is 16.8. The molecule has 0 radical (unpaired) electrons. The number of carbonyl (C=O) groups excluding carboxylic acids is 1. The molecule has 0 amide bonds. The zero-order valence-corrected chi connectivity index (χ0v) is 18.7. The lowest BCUT2D eigenvalue weighted by Crippen LogP contribution is -2.23. The smallest absolute Gasteiger partial charge is 0.431 e. The molecule has 36 heavy (non-hydrogen) atoms. The summed E-state index contributed by atoms with van der Waals surface area (Å²) in [5, 5.41) is 10.6. The van der Waals surface area contributed by atoms with Crippen LogP contribution >= 0.6 is 0 Å². The van der Waals surface area contributed by atoms with Gasteiger partial charge in [-0.1, -0.05) is 5.92 Å². The van der Waals surface area contributed by atoms with Gasteiger partial charge >= 0.3 is 6.16 Å².